The smallest absolute Gasteiger partial charge is 0.256 e. The van der Waals surface area contributed by atoms with Gasteiger partial charge in [0.1, 0.15) is 0 Å². The molecule has 0 saturated carbocycles. The fourth-order valence-corrected chi connectivity index (χ4v) is 1.73. The molecule has 2 rings (SSSR count). The number of carbonyl (C=O) groups excluding carboxylic acids is 2. The summed E-state index contributed by atoms with van der Waals surface area (Å²) in [6, 6.07) is 9.53. The van der Waals surface area contributed by atoms with Crippen molar-refractivity contribution in [2.75, 3.05) is 5.32 Å². The van der Waals surface area contributed by atoms with Crippen molar-refractivity contribution in [2.24, 2.45) is 5.73 Å². The maximum Gasteiger partial charge on any atom is 0.256 e. The monoisotopic (exact) mass is 275 g/mol. The van der Waals surface area contributed by atoms with Crippen LogP contribution in [0.3, 0.4) is 0 Å². The Balaban J connectivity index is 2.31. The number of primary amides is 1. The van der Waals surface area contributed by atoms with Crippen LogP contribution in [-0.2, 0) is 0 Å². The number of nitrogens with two attached hydrogens (primary N) is 1. The number of carbonyl (C=O) groups is 2. The summed E-state index contributed by atoms with van der Waals surface area (Å²) in [5.41, 5.74) is 5.93. The van der Waals surface area contributed by atoms with Crippen molar-refractivity contribution in [3.8, 4) is 0 Å². The molecule has 1 aromatic heterocycles. The molecular weight excluding hydrogens is 266 g/mol. The van der Waals surface area contributed by atoms with E-state index in [1.807, 2.05) is 0 Å². The Bertz CT molecular complexity index is 643. The zero-order chi connectivity index (χ0) is 13.8. The molecule has 0 fully saturated rings. The molecule has 0 atom stereocenters. The van der Waals surface area contributed by atoms with Gasteiger partial charge in [-0.3, -0.25) is 9.59 Å². The van der Waals surface area contributed by atoms with Crippen molar-refractivity contribution in [3.63, 3.8) is 0 Å². The number of benzene rings is 1. The molecule has 5 nitrogen and oxygen atoms in total. The molecule has 0 unspecified atom stereocenters. The average Bonchev–Trinajstić information content (AvgIpc) is 2.41. The quantitative estimate of drug-likeness (QED) is 0.841. The lowest BCUT2D eigenvalue weighted by Crippen LogP contribution is -2.20. The number of rotatable bonds is 3. The predicted octanol–water partition coefficient (Wildman–Crippen LogP) is 2.09. The first kappa shape index (κ1) is 13.0. The third-order valence-corrected chi connectivity index (χ3v) is 2.75. The van der Waals surface area contributed by atoms with Crippen LogP contribution in [0.1, 0.15) is 20.7 Å². The molecule has 0 radical (unpaired) electrons. The van der Waals surface area contributed by atoms with E-state index in [0.29, 0.717) is 5.69 Å². The minimum Gasteiger partial charge on any atom is -0.366 e. The lowest BCUT2D eigenvalue weighted by molar-refractivity contribution is 0.0977. The summed E-state index contributed by atoms with van der Waals surface area (Å²) >= 11 is 5.84. The maximum absolute atomic E-state index is 12.1. The Morgan fingerprint density at radius 3 is 2.42 bits per heavy atom. The maximum atomic E-state index is 12.1. The molecular formula is C13H10ClN3O2. The second-order valence-electron chi connectivity index (χ2n) is 3.71. The Morgan fingerprint density at radius 1 is 1.11 bits per heavy atom. The van der Waals surface area contributed by atoms with Crippen LogP contribution in [-0.4, -0.2) is 16.8 Å². The summed E-state index contributed by atoms with van der Waals surface area (Å²) in [5.74, 6) is -1.13. The molecule has 0 bridgehead atoms. The molecule has 1 aromatic carbocycles. The van der Waals surface area contributed by atoms with Crippen LogP contribution in [0.15, 0.2) is 42.6 Å². The van der Waals surface area contributed by atoms with Crippen LogP contribution in [0.25, 0.3) is 0 Å². The lowest BCUT2D eigenvalue weighted by atomic mass is 10.1. The highest BCUT2D eigenvalue weighted by atomic mass is 35.5. The minimum atomic E-state index is -0.664. The first-order valence-electron chi connectivity index (χ1n) is 5.40. The number of nitrogens with zero attached hydrogens (tertiary/aromatic N) is 1. The van der Waals surface area contributed by atoms with E-state index in [2.05, 4.69) is 10.3 Å². The molecule has 6 heteroatoms. The van der Waals surface area contributed by atoms with E-state index >= 15 is 0 Å². The molecule has 0 aliphatic rings. The fourth-order valence-electron chi connectivity index (χ4n) is 1.56. The summed E-state index contributed by atoms with van der Waals surface area (Å²) in [6.07, 6.45) is 1.51. The zero-order valence-electron chi connectivity index (χ0n) is 9.76. The zero-order valence-corrected chi connectivity index (χ0v) is 10.5. The number of amides is 2. The van der Waals surface area contributed by atoms with E-state index in [1.165, 1.54) is 18.3 Å². The normalized spacial score (nSPS) is 9.95. The first-order valence-corrected chi connectivity index (χ1v) is 5.78. The predicted molar refractivity (Wildman–Crippen MR) is 72.2 cm³/mol. The van der Waals surface area contributed by atoms with Crippen LogP contribution in [0.5, 0.6) is 0 Å². The van der Waals surface area contributed by atoms with E-state index in [-0.39, 0.29) is 16.3 Å². The van der Waals surface area contributed by atoms with Crippen LogP contribution >= 0.6 is 11.6 Å². The number of pyridine rings is 1. The minimum absolute atomic E-state index is 0.153. The third kappa shape index (κ3) is 2.89. The summed E-state index contributed by atoms with van der Waals surface area (Å²) in [4.78, 5) is 27.2. The van der Waals surface area contributed by atoms with Gasteiger partial charge >= 0.3 is 0 Å². The van der Waals surface area contributed by atoms with Gasteiger partial charge in [0.2, 0.25) is 5.91 Å². The van der Waals surface area contributed by atoms with Gasteiger partial charge in [-0.1, -0.05) is 23.7 Å². The lowest BCUT2D eigenvalue weighted by Gasteiger charge is -2.08. The van der Waals surface area contributed by atoms with Gasteiger partial charge in [0, 0.05) is 6.20 Å². The van der Waals surface area contributed by atoms with Crippen molar-refractivity contribution in [1.29, 1.82) is 0 Å². The summed E-state index contributed by atoms with van der Waals surface area (Å²) in [6.45, 7) is 0. The van der Waals surface area contributed by atoms with Crippen LogP contribution < -0.4 is 11.1 Å². The van der Waals surface area contributed by atoms with Gasteiger partial charge in [-0.05, 0) is 24.3 Å². The Morgan fingerprint density at radius 2 is 1.79 bits per heavy atom. The summed E-state index contributed by atoms with van der Waals surface area (Å²) in [5, 5.41) is 2.75. The van der Waals surface area contributed by atoms with E-state index < -0.39 is 11.8 Å². The molecule has 2 amide bonds. The Labute approximate surface area is 114 Å². The highest BCUT2D eigenvalue weighted by Crippen LogP contribution is 2.19. The highest BCUT2D eigenvalue weighted by molar-refractivity contribution is 6.32. The fraction of sp³-hybridized carbons (Fsp3) is 0. The molecule has 3 N–H and O–H groups in total. The van der Waals surface area contributed by atoms with E-state index in [0.717, 1.165) is 0 Å². The number of hydrogen-bond donors (Lipinski definition) is 2. The van der Waals surface area contributed by atoms with Gasteiger partial charge in [0.05, 0.1) is 16.8 Å². The van der Waals surface area contributed by atoms with Gasteiger partial charge in [0.25, 0.3) is 5.91 Å². The van der Waals surface area contributed by atoms with Crippen molar-refractivity contribution >= 4 is 29.1 Å². The van der Waals surface area contributed by atoms with E-state index in [4.69, 9.17) is 17.3 Å². The molecule has 19 heavy (non-hydrogen) atoms. The largest absolute Gasteiger partial charge is 0.366 e. The second-order valence-corrected chi connectivity index (χ2v) is 4.06. The van der Waals surface area contributed by atoms with Gasteiger partial charge in [-0.2, -0.15) is 0 Å². The van der Waals surface area contributed by atoms with Crippen LogP contribution in [0, 0.1) is 0 Å². The first-order chi connectivity index (χ1) is 9.09. The number of aromatic nitrogens is 1. The topological polar surface area (TPSA) is 85.1 Å². The Kier molecular flexibility index (Phi) is 3.77. The third-order valence-electron chi connectivity index (χ3n) is 2.44. The summed E-state index contributed by atoms with van der Waals surface area (Å²) < 4.78 is 0. The van der Waals surface area contributed by atoms with E-state index in [1.54, 1.807) is 24.3 Å². The second kappa shape index (κ2) is 5.49. The van der Waals surface area contributed by atoms with Gasteiger partial charge in [-0.15, -0.1) is 0 Å². The van der Waals surface area contributed by atoms with Gasteiger partial charge in [0.15, 0.2) is 5.15 Å². The van der Waals surface area contributed by atoms with Crippen molar-refractivity contribution in [2.45, 2.75) is 0 Å². The standard InChI is InChI=1S/C13H10ClN3O2/c14-11-10(6-3-7-16-11)17-13(19)9-5-2-1-4-8(9)12(15)18/h1-7H,(H2,15,18)(H,17,19). The number of anilines is 1. The molecule has 0 saturated heterocycles. The van der Waals surface area contributed by atoms with Crippen molar-refractivity contribution in [1.82, 2.24) is 4.98 Å². The molecule has 0 aliphatic heterocycles. The highest BCUT2D eigenvalue weighted by Gasteiger charge is 2.15. The van der Waals surface area contributed by atoms with Crippen molar-refractivity contribution in [3.05, 3.63) is 58.9 Å². The molecule has 2 aromatic rings. The van der Waals surface area contributed by atoms with Gasteiger partial charge in [-0.25, -0.2) is 4.98 Å². The SMILES string of the molecule is NC(=O)c1ccccc1C(=O)Nc1cccnc1Cl. The number of nitrogens with one attached hydrogen (secondary N) is 1. The van der Waals surface area contributed by atoms with Crippen LogP contribution in [0.2, 0.25) is 5.15 Å². The Hall–Kier alpha value is -2.40. The van der Waals surface area contributed by atoms with E-state index in [9.17, 15) is 9.59 Å². The molecule has 0 spiro atoms. The number of halogens is 1. The average molecular weight is 276 g/mol. The van der Waals surface area contributed by atoms with Gasteiger partial charge < -0.3 is 11.1 Å². The molecule has 0 aliphatic carbocycles. The number of hydrogen-bond acceptors (Lipinski definition) is 3. The molecule has 1 heterocycles. The van der Waals surface area contributed by atoms with Crippen LogP contribution in [0.4, 0.5) is 5.69 Å². The van der Waals surface area contributed by atoms with Crippen molar-refractivity contribution < 1.29 is 9.59 Å². The summed E-state index contributed by atoms with van der Waals surface area (Å²) in [7, 11) is 0. The molecule has 96 valence electrons.